The molecule has 0 aliphatic rings. The molecule has 0 aromatic heterocycles. The van der Waals surface area contributed by atoms with E-state index in [1.807, 2.05) is 0 Å². The number of phenols is 3. The van der Waals surface area contributed by atoms with Crippen LogP contribution in [0.2, 0.25) is 0 Å². The first-order valence-electron chi connectivity index (χ1n) is 3.46. The SMILES string of the molecule is N=C=O.O=C(O)c1cc(O)c(O)c(O)c1. The van der Waals surface area contributed by atoms with Crippen molar-refractivity contribution in [3.8, 4) is 17.2 Å². The molecule has 80 valence electrons. The molecule has 0 heterocycles. The molecule has 0 atom stereocenters. The van der Waals surface area contributed by atoms with Gasteiger partial charge in [0, 0.05) is 0 Å². The Hall–Kier alpha value is -2.53. The van der Waals surface area contributed by atoms with E-state index >= 15 is 0 Å². The molecule has 1 aromatic rings. The molecule has 0 bridgehead atoms. The van der Waals surface area contributed by atoms with Crippen molar-refractivity contribution in [1.82, 2.24) is 0 Å². The van der Waals surface area contributed by atoms with Gasteiger partial charge in [0.05, 0.1) is 5.56 Å². The topological polar surface area (TPSA) is 139 Å². The summed E-state index contributed by atoms with van der Waals surface area (Å²) < 4.78 is 0. The van der Waals surface area contributed by atoms with E-state index in [0.29, 0.717) is 0 Å². The number of hydrogen-bond donors (Lipinski definition) is 5. The van der Waals surface area contributed by atoms with E-state index < -0.39 is 23.2 Å². The van der Waals surface area contributed by atoms with Gasteiger partial charge < -0.3 is 20.4 Å². The number of aromatic carboxylic acids is 1. The number of hydrogen-bond acceptors (Lipinski definition) is 6. The fourth-order valence-corrected chi connectivity index (χ4v) is 0.728. The third kappa shape index (κ3) is 3.37. The molecule has 0 radical (unpaired) electrons. The van der Waals surface area contributed by atoms with Crippen LogP contribution in [0.3, 0.4) is 0 Å². The summed E-state index contributed by atoms with van der Waals surface area (Å²) in [5, 5.41) is 40.4. The fourth-order valence-electron chi connectivity index (χ4n) is 0.728. The monoisotopic (exact) mass is 213 g/mol. The van der Waals surface area contributed by atoms with Crippen LogP contribution in [0.4, 0.5) is 0 Å². The lowest BCUT2D eigenvalue weighted by Crippen LogP contribution is -1.95. The van der Waals surface area contributed by atoms with E-state index in [0.717, 1.165) is 18.2 Å². The van der Waals surface area contributed by atoms with Gasteiger partial charge in [0.15, 0.2) is 17.2 Å². The van der Waals surface area contributed by atoms with Gasteiger partial charge in [-0.1, -0.05) is 0 Å². The van der Waals surface area contributed by atoms with Crippen molar-refractivity contribution in [1.29, 1.82) is 5.41 Å². The van der Waals surface area contributed by atoms with E-state index in [4.69, 9.17) is 30.6 Å². The summed E-state index contributed by atoms with van der Waals surface area (Å²) in [5.74, 6) is -3.33. The summed E-state index contributed by atoms with van der Waals surface area (Å²) in [5.41, 5.74) is -0.289. The Kier molecular flexibility index (Phi) is 4.37. The van der Waals surface area contributed by atoms with Crippen LogP contribution >= 0.6 is 0 Å². The van der Waals surface area contributed by atoms with Crippen molar-refractivity contribution in [3.63, 3.8) is 0 Å². The van der Waals surface area contributed by atoms with E-state index in [-0.39, 0.29) is 5.56 Å². The molecule has 5 N–H and O–H groups in total. The van der Waals surface area contributed by atoms with Gasteiger partial charge in [-0.3, -0.25) is 0 Å². The molecule has 0 saturated heterocycles. The van der Waals surface area contributed by atoms with Gasteiger partial charge in [-0.25, -0.2) is 15.0 Å². The predicted molar refractivity (Wildman–Crippen MR) is 46.8 cm³/mol. The quantitative estimate of drug-likeness (QED) is 0.260. The van der Waals surface area contributed by atoms with Crippen LogP contribution in [0, 0.1) is 5.41 Å². The van der Waals surface area contributed by atoms with Crippen molar-refractivity contribution in [2.75, 3.05) is 0 Å². The maximum absolute atomic E-state index is 10.3. The van der Waals surface area contributed by atoms with Crippen molar-refractivity contribution in [3.05, 3.63) is 17.7 Å². The second-order valence-electron chi connectivity index (χ2n) is 2.27. The average Bonchev–Trinajstić information content (AvgIpc) is 2.14. The average molecular weight is 213 g/mol. The molecule has 0 fully saturated rings. The second kappa shape index (κ2) is 5.25. The van der Waals surface area contributed by atoms with Gasteiger partial charge in [0.2, 0.25) is 6.08 Å². The predicted octanol–water partition coefficient (Wildman–Crippen LogP) is 0.403. The molecule has 15 heavy (non-hydrogen) atoms. The smallest absolute Gasteiger partial charge is 0.335 e. The molecule has 0 aliphatic carbocycles. The Morgan fingerprint density at radius 3 is 1.80 bits per heavy atom. The van der Waals surface area contributed by atoms with Crippen molar-refractivity contribution < 1.29 is 30.0 Å². The normalized spacial score (nSPS) is 8.27. The first kappa shape index (κ1) is 12.5. The molecule has 7 nitrogen and oxygen atoms in total. The number of phenolic OH excluding ortho intramolecular Hbond substituents is 3. The summed E-state index contributed by atoms with van der Waals surface area (Å²) in [6.07, 6.45) is 0.750. The third-order valence-corrected chi connectivity index (χ3v) is 1.32. The minimum absolute atomic E-state index is 0.289. The van der Waals surface area contributed by atoms with Gasteiger partial charge in [0.1, 0.15) is 0 Å². The number of benzene rings is 1. The number of isocyanates is 1. The second-order valence-corrected chi connectivity index (χ2v) is 2.27. The lowest BCUT2D eigenvalue weighted by Gasteiger charge is -2.01. The standard InChI is InChI=1S/C7H6O5.CHNO/c8-4-1-3(7(11)12)2-5(9)6(4)10;2-1-3/h1-2,8-10H,(H,11,12);2H. The highest BCUT2D eigenvalue weighted by atomic mass is 16.4. The number of carboxylic acid groups (broad SMARTS) is 1. The maximum Gasteiger partial charge on any atom is 0.335 e. The Bertz CT molecular complexity index is 385. The Balaban J connectivity index is 0.000000583. The number of carbonyl (C=O) groups is 1. The summed E-state index contributed by atoms with van der Waals surface area (Å²) in [7, 11) is 0. The van der Waals surface area contributed by atoms with Crippen LogP contribution < -0.4 is 0 Å². The third-order valence-electron chi connectivity index (χ3n) is 1.32. The van der Waals surface area contributed by atoms with E-state index in [1.165, 1.54) is 0 Å². The van der Waals surface area contributed by atoms with Gasteiger partial charge in [0.25, 0.3) is 0 Å². The number of aromatic hydroxyl groups is 3. The molecule has 0 unspecified atom stereocenters. The lowest BCUT2D eigenvalue weighted by atomic mass is 10.2. The Morgan fingerprint density at radius 1 is 1.20 bits per heavy atom. The molecular weight excluding hydrogens is 206 g/mol. The number of carboxylic acids is 1. The molecule has 1 rings (SSSR count). The van der Waals surface area contributed by atoms with Gasteiger partial charge in [-0.15, -0.1) is 0 Å². The summed E-state index contributed by atoms with van der Waals surface area (Å²) >= 11 is 0. The van der Waals surface area contributed by atoms with E-state index in [9.17, 15) is 4.79 Å². The van der Waals surface area contributed by atoms with Gasteiger partial charge in [-0.05, 0) is 12.1 Å². The minimum atomic E-state index is -1.29. The van der Waals surface area contributed by atoms with Crippen molar-refractivity contribution >= 4 is 12.0 Å². The number of carbonyl (C=O) groups excluding carboxylic acids is 1. The number of rotatable bonds is 1. The van der Waals surface area contributed by atoms with Gasteiger partial charge in [-0.2, -0.15) is 0 Å². The zero-order valence-corrected chi connectivity index (χ0v) is 7.26. The highest BCUT2D eigenvalue weighted by Crippen LogP contribution is 2.35. The number of nitrogens with one attached hydrogen (secondary N) is 1. The molecule has 7 heteroatoms. The van der Waals surface area contributed by atoms with Crippen molar-refractivity contribution in [2.24, 2.45) is 0 Å². The zero-order chi connectivity index (χ0) is 12.0. The fraction of sp³-hybridized carbons (Fsp3) is 0. The first-order valence-corrected chi connectivity index (χ1v) is 3.46. The van der Waals surface area contributed by atoms with Crippen LogP contribution in [0.1, 0.15) is 10.4 Å². The molecule has 0 spiro atoms. The van der Waals surface area contributed by atoms with Crippen LogP contribution in [-0.4, -0.2) is 32.5 Å². The van der Waals surface area contributed by atoms with Gasteiger partial charge >= 0.3 is 5.97 Å². The van der Waals surface area contributed by atoms with Crippen LogP contribution in [-0.2, 0) is 4.79 Å². The highest BCUT2D eigenvalue weighted by Gasteiger charge is 2.11. The molecule has 0 saturated carbocycles. The Labute approximate surface area is 83.4 Å². The highest BCUT2D eigenvalue weighted by molar-refractivity contribution is 5.89. The van der Waals surface area contributed by atoms with Crippen LogP contribution in [0.5, 0.6) is 17.2 Å². The molecule has 0 aliphatic heterocycles. The maximum atomic E-state index is 10.3. The molecule has 0 amide bonds. The summed E-state index contributed by atoms with van der Waals surface area (Å²) in [4.78, 5) is 18.7. The first-order chi connectivity index (χ1) is 6.93. The van der Waals surface area contributed by atoms with Crippen LogP contribution in [0.15, 0.2) is 12.1 Å². The minimum Gasteiger partial charge on any atom is -0.504 e. The zero-order valence-electron chi connectivity index (χ0n) is 7.26. The molecular formula is C8H7NO6. The van der Waals surface area contributed by atoms with E-state index in [2.05, 4.69) is 0 Å². The molecule has 1 aromatic carbocycles. The lowest BCUT2D eigenvalue weighted by molar-refractivity contribution is 0.0696. The largest absolute Gasteiger partial charge is 0.504 e. The summed E-state index contributed by atoms with van der Waals surface area (Å²) in [6.45, 7) is 0. The van der Waals surface area contributed by atoms with Crippen molar-refractivity contribution in [2.45, 2.75) is 0 Å². The Morgan fingerprint density at radius 2 is 1.53 bits per heavy atom. The van der Waals surface area contributed by atoms with E-state index in [1.54, 1.807) is 0 Å². The van der Waals surface area contributed by atoms with Crippen LogP contribution in [0.25, 0.3) is 0 Å². The summed E-state index contributed by atoms with van der Waals surface area (Å²) in [6, 6.07) is 1.69.